The van der Waals surface area contributed by atoms with Gasteiger partial charge in [-0.1, -0.05) is 52.0 Å². The third-order valence-corrected chi connectivity index (χ3v) is 5.49. The Kier molecular flexibility index (Phi) is 7.36. The maximum absolute atomic E-state index is 12.9. The van der Waals surface area contributed by atoms with Crippen molar-refractivity contribution in [2.45, 2.75) is 46.1 Å². The van der Waals surface area contributed by atoms with Crippen molar-refractivity contribution in [1.82, 2.24) is 9.88 Å². The van der Waals surface area contributed by atoms with Gasteiger partial charge in [-0.25, -0.2) is 0 Å². The molecule has 0 unspecified atom stereocenters. The van der Waals surface area contributed by atoms with E-state index < -0.39 is 0 Å². The second-order valence-electron chi connectivity index (χ2n) is 8.99. The van der Waals surface area contributed by atoms with Crippen molar-refractivity contribution in [3.8, 4) is 0 Å². The summed E-state index contributed by atoms with van der Waals surface area (Å²) in [5, 5.41) is 6.71. The number of nitrogens with zero attached hydrogens (tertiary/aromatic N) is 1. The molecule has 2 amide bonds. The van der Waals surface area contributed by atoms with Gasteiger partial charge in [0.25, 0.3) is 5.91 Å². The molecule has 0 saturated heterocycles. The van der Waals surface area contributed by atoms with Gasteiger partial charge in [-0.2, -0.15) is 0 Å². The summed E-state index contributed by atoms with van der Waals surface area (Å²) >= 11 is 0. The van der Waals surface area contributed by atoms with Gasteiger partial charge in [0.05, 0.1) is 6.61 Å². The Labute approximate surface area is 190 Å². The molecule has 1 heterocycles. The zero-order valence-corrected chi connectivity index (χ0v) is 19.6. The highest BCUT2D eigenvalue weighted by Crippen LogP contribution is 2.26. The van der Waals surface area contributed by atoms with Gasteiger partial charge in [0, 0.05) is 43.2 Å². The summed E-state index contributed by atoms with van der Waals surface area (Å²) in [6.07, 6.45) is 0.413. The number of nitrogens with one attached hydrogen (secondary N) is 2. The van der Waals surface area contributed by atoms with E-state index in [1.807, 2.05) is 35.8 Å². The summed E-state index contributed by atoms with van der Waals surface area (Å²) < 4.78 is 7.08. The molecule has 2 N–H and O–H groups in total. The van der Waals surface area contributed by atoms with Crippen LogP contribution in [0.15, 0.2) is 48.5 Å². The number of carbonyl (C=O) groups is 2. The van der Waals surface area contributed by atoms with E-state index in [0.717, 1.165) is 22.2 Å². The van der Waals surface area contributed by atoms with Crippen molar-refractivity contribution in [2.75, 3.05) is 25.6 Å². The summed E-state index contributed by atoms with van der Waals surface area (Å²) in [5.74, 6) is -0.191. The summed E-state index contributed by atoms with van der Waals surface area (Å²) in [7, 11) is 1.61. The number of methoxy groups -OCH3 is 1. The molecule has 3 aromatic rings. The molecule has 3 rings (SSSR count). The van der Waals surface area contributed by atoms with E-state index in [1.165, 1.54) is 5.56 Å². The molecule has 0 aliphatic carbocycles. The molecule has 170 valence electrons. The van der Waals surface area contributed by atoms with Crippen LogP contribution in [0.5, 0.6) is 0 Å². The molecule has 6 nitrogen and oxygen atoms in total. The first-order valence-corrected chi connectivity index (χ1v) is 11.0. The number of carbonyl (C=O) groups excluding carboxylic acids is 2. The number of ether oxygens (including phenoxy) is 1. The lowest BCUT2D eigenvalue weighted by atomic mass is 9.87. The molecule has 0 spiro atoms. The van der Waals surface area contributed by atoms with Gasteiger partial charge in [0.15, 0.2) is 0 Å². The SMILES string of the molecule is CCC(=O)Nc1ccc2c(c1)cc(C(=O)NCCOC)n2Cc1ccc(C(C)(C)C)cc1. The fraction of sp³-hybridized carbons (Fsp3) is 0.385. The Hall–Kier alpha value is -3.12. The maximum atomic E-state index is 12.9. The fourth-order valence-electron chi connectivity index (χ4n) is 3.61. The lowest BCUT2D eigenvalue weighted by Gasteiger charge is -2.19. The van der Waals surface area contributed by atoms with Gasteiger partial charge in [-0.15, -0.1) is 0 Å². The number of hydrogen-bond donors (Lipinski definition) is 2. The van der Waals surface area contributed by atoms with E-state index in [9.17, 15) is 9.59 Å². The monoisotopic (exact) mass is 435 g/mol. The minimum Gasteiger partial charge on any atom is -0.383 e. The Morgan fingerprint density at radius 1 is 1.03 bits per heavy atom. The van der Waals surface area contributed by atoms with Crippen LogP contribution in [0.2, 0.25) is 0 Å². The van der Waals surface area contributed by atoms with Gasteiger partial charge in [-0.05, 0) is 40.8 Å². The Bertz CT molecular complexity index is 1090. The number of benzene rings is 2. The Morgan fingerprint density at radius 2 is 1.75 bits per heavy atom. The van der Waals surface area contributed by atoms with Crippen molar-refractivity contribution >= 4 is 28.4 Å². The lowest BCUT2D eigenvalue weighted by Crippen LogP contribution is -2.29. The first-order chi connectivity index (χ1) is 15.2. The van der Waals surface area contributed by atoms with E-state index in [-0.39, 0.29) is 17.2 Å². The molecule has 6 heteroatoms. The van der Waals surface area contributed by atoms with E-state index in [1.54, 1.807) is 7.11 Å². The highest BCUT2D eigenvalue weighted by atomic mass is 16.5. The highest BCUT2D eigenvalue weighted by Gasteiger charge is 2.17. The first kappa shape index (κ1) is 23.5. The topological polar surface area (TPSA) is 72.4 Å². The molecule has 0 bridgehead atoms. The number of rotatable bonds is 8. The second-order valence-corrected chi connectivity index (χ2v) is 8.99. The van der Waals surface area contributed by atoms with E-state index in [2.05, 4.69) is 55.7 Å². The summed E-state index contributed by atoms with van der Waals surface area (Å²) in [6, 6.07) is 16.2. The smallest absolute Gasteiger partial charge is 0.268 e. The van der Waals surface area contributed by atoms with Gasteiger partial charge in [0.2, 0.25) is 5.91 Å². The quantitative estimate of drug-likeness (QED) is 0.503. The van der Waals surface area contributed by atoms with E-state index in [4.69, 9.17) is 4.74 Å². The Balaban J connectivity index is 1.97. The van der Waals surface area contributed by atoms with Crippen molar-refractivity contribution in [3.05, 3.63) is 65.4 Å². The van der Waals surface area contributed by atoms with Crippen LogP contribution >= 0.6 is 0 Å². The van der Waals surface area contributed by atoms with Gasteiger partial charge >= 0.3 is 0 Å². The molecular weight excluding hydrogens is 402 g/mol. The highest BCUT2D eigenvalue weighted by molar-refractivity contribution is 6.00. The third-order valence-electron chi connectivity index (χ3n) is 5.49. The zero-order valence-electron chi connectivity index (χ0n) is 19.6. The van der Waals surface area contributed by atoms with Crippen molar-refractivity contribution in [3.63, 3.8) is 0 Å². The van der Waals surface area contributed by atoms with Crippen molar-refractivity contribution < 1.29 is 14.3 Å². The molecule has 0 aliphatic rings. The molecular formula is C26H33N3O3. The largest absolute Gasteiger partial charge is 0.383 e. The average molecular weight is 436 g/mol. The van der Waals surface area contributed by atoms with Crippen LogP contribution in [0.4, 0.5) is 5.69 Å². The van der Waals surface area contributed by atoms with E-state index in [0.29, 0.717) is 31.8 Å². The van der Waals surface area contributed by atoms with Crippen LogP contribution in [0.1, 0.15) is 55.7 Å². The van der Waals surface area contributed by atoms with Crippen LogP contribution in [0.3, 0.4) is 0 Å². The van der Waals surface area contributed by atoms with Crippen molar-refractivity contribution in [2.24, 2.45) is 0 Å². The molecule has 2 aromatic carbocycles. The molecule has 0 saturated carbocycles. The Morgan fingerprint density at radius 3 is 2.38 bits per heavy atom. The zero-order chi connectivity index (χ0) is 23.3. The van der Waals surface area contributed by atoms with Gasteiger partial charge in [0.1, 0.15) is 5.69 Å². The van der Waals surface area contributed by atoms with Crippen LogP contribution in [-0.2, 0) is 21.5 Å². The minimum absolute atomic E-state index is 0.0414. The second kappa shape index (κ2) is 10.0. The molecule has 0 fully saturated rings. The third kappa shape index (κ3) is 5.56. The van der Waals surface area contributed by atoms with Gasteiger partial charge in [-0.3, -0.25) is 9.59 Å². The summed E-state index contributed by atoms with van der Waals surface area (Å²) in [5.41, 5.74) is 4.72. The summed E-state index contributed by atoms with van der Waals surface area (Å²) in [4.78, 5) is 24.7. The van der Waals surface area contributed by atoms with Crippen LogP contribution in [-0.4, -0.2) is 36.6 Å². The summed E-state index contributed by atoms with van der Waals surface area (Å²) in [6.45, 7) is 9.86. The number of fused-ring (bicyclic) bond motifs is 1. The fourth-order valence-corrected chi connectivity index (χ4v) is 3.61. The normalized spacial score (nSPS) is 11.5. The molecule has 0 atom stereocenters. The predicted molar refractivity (Wildman–Crippen MR) is 129 cm³/mol. The maximum Gasteiger partial charge on any atom is 0.268 e. The average Bonchev–Trinajstić information content (AvgIpc) is 3.11. The van der Waals surface area contributed by atoms with Crippen LogP contribution in [0, 0.1) is 0 Å². The number of aromatic nitrogens is 1. The van der Waals surface area contributed by atoms with Crippen LogP contribution in [0.25, 0.3) is 10.9 Å². The molecule has 32 heavy (non-hydrogen) atoms. The minimum atomic E-state index is -0.149. The number of anilines is 1. The molecule has 1 aromatic heterocycles. The van der Waals surface area contributed by atoms with E-state index >= 15 is 0 Å². The number of hydrogen-bond acceptors (Lipinski definition) is 3. The van der Waals surface area contributed by atoms with Crippen LogP contribution < -0.4 is 10.6 Å². The van der Waals surface area contributed by atoms with Gasteiger partial charge < -0.3 is 19.9 Å². The predicted octanol–water partition coefficient (Wildman–Crippen LogP) is 4.71. The first-order valence-electron chi connectivity index (χ1n) is 11.0. The standard InChI is InChI=1S/C26H33N3O3/c1-6-24(30)28-21-11-12-22-19(15-21)16-23(25(31)27-13-14-32-5)29(22)17-18-7-9-20(10-8-18)26(2,3)4/h7-12,15-16H,6,13-14,17H2,1-5H3,(H,27,31)(H,28,30). The lowest BCUT2D eigenvalue weighted by molar-refractivity contribution is -0.115. The van der Waals surface area contributed by atoms with Crippen molar-refractivity contribution in [1.29, 1.82) is 0 Å². The number of amides is 2. The molecule has 0 aliphatic heterocycles. The molecule has 0 radical (unpaired) electrons.